The van der Waals surface area contributed by atoms with Crippen molar-refractivity contribution in [3.8, 4) is 0 Å². The summed E-state index contributed by atoms with van der Waals surface area (Å²) in [5, 5.41) is 6.20. The predicted octanol–water partition coefficient (Wildman–Crippen LogP) is 3.53. The number of anilines is 1. The average molecular weight is 449 g/mol. The summed E-state index contributed by atoms with van der Waals surface area (Å²) in [6.45, 7) is 8.16. The number of hydrogen-bond donors (Lipinski definition) is 2. The maximum absolute atomic E-state index is 13.2. The van der Waals surface area contributed by atoms with E-state index in [0.29, 0.717) is 35.4 Å². The number of carbonyl (C=O) groups is 1. The highest BCUT2D eigenvalue weighted by atomic mass is 35.5. The van der Waals surface area contributed by atoms with E-state index in [4.69, 9.17) is 16.3 Å². The van der Waals surface area contributed by atoms with Gasteiger partial charge in [-0.1, -0.05) is 0 Å². The first kappa shape index (κ1) is 21.8. The molecule has 2 N–H and O–H groups in total. The summed E-state index contributed by atoms with van der Waals surface area (Å²) >= 11 is 5.98. The molecule has 9 nitrogen and oxygen atoms in total. The van der Waals surface area contributed by atoms with Crippen LogP contribution in [0.15, 0.2) is 11.0 Å². The molecule has 2 aromatic rings. The van der Waals surface area contributed by atoms with Gasteiger partial charge in [-0.15, -0.1) is 0 Å². The van der Waals surface area contributed by atoms with Gasteiger partial charge in [0, 0.05) is 18.6 Å². The second kappa shape index (κ2) is 8.26. The number of nitrogens with zero attached hydrogens (tertiary/aromatic N) is 4. The number of carbonyl (C=O) groups excluding carboxylic acids is 1. The standard InChI is InChI=1S/C21H29ClN6O3/c1-11(13-5-6-13)28-17-15(10-24-19(22)27-17)26-16(18(28)29)23-9-12-7-14(8-12)25-20(30)31-21(2,3)4/h10-14H,5-9H2,1-4H3,(H,23,26)(H,25,30)/t11-,12?,14?/m0/s1. The molecule has 1 atom stereocenters. The van der Waals surface area contributed by atoms with Crippen LogP contribution in [-0.2, 0) is 4.74 Å². The first-order valence-electron chi connectivity index (χ1n) is 10.8. The molecule has 0 spiro atoms. The molecule has 2 heterocycles. The molecule has 0 unspecified atom stereocenters. The number of alkyl carbamates (subject to hydrolysis) is 1. The van der Waals surface area contributed by atoms with Crippen LogP contribution in [0.4, 0.5) is 10.6 Å². The highest BCUT2D eigenvalue weighted by Gasteiger charge is 2.33. The maximum Gasteiger partial charge on any atom is 0.407 e. The van der Waals surface area contributed by atoms with Gasteiger partial charge in [0.1, 0.15) is 11.1 Å². The van der Waals surface area contributed by atoms with Crippen molar-refractivity contribution in [1.82, 2.24) is 24.8 Å². The Morgan fingerprint density at radius 1 is 1.32 bits per heavy atom. The minimum atomic E-state index is -0.512. The summed E-state index contributed by atoms with van der Waals surface area (Å²) < 4.78 is 6.99. The topological polar surface area (TPSA) is 111 Å². The highest BCUT2D eigenvalue weighted by molar-refractivity contribution is 6.28. The number of amides is 1. The third kappa shape index (κ3) is 5.08. The predicted molar refractivity (Wildman–Crippen MR) is 118 cm³/mol. The number of aromatic nitrogens is 4. The fourth-order valence-electron chi connectivity index (χ4n) is 4.00. The molecule has 2 aliphatic carbocycles. The summed E-state index contributed by atoms with van der Waals surface area (Å²) in [6.07, 6.45) is 5.02. The Hall–Kier alpha value is -2.42. The van der Waals surface area contributed by atoms with Gasteiger partial charge in [0.15, 0.2) is 11.5 Å². The van der Waals surface area contributed by atoms with Crippen LogP contribution in [0.3, 0.4) is 0 Å². The average Bonchev–Trinajstić information content (AvgIpc) is 3.47. The molecule has 31 heavy (non-hydrogen) atoms. The second-order valence-electron chi connectivity index (χ2n) is 9.62. The van der Waals surface area contributed by atoms with Gasteiger partial charge in [-0.05, 0) is 76.8 Å². The van der Waals surface area contributed by atoms with Gasteiger partial charge in [0.2, 0.25) is 5.28 Å². The first-order chi connectivity index (χ1) is 14.6. The van der Waals surface area contributed by atoms with Crippen LogP contribution in [-0.4, -0.2) is 43.8 Å². The molecule has 2 aliphatic rings. The number of rotatable bonds is 6. The molecule has 10 heteroatoms. The van der Waals surface area contributed by atoms with Gasteiger partial charge < -0.3 is 15.4 Å². The lowest BCUT2D eigenvalue weighted by atomic mass is 9.80. The lowest BCUT2D eigenvalue weighted by molar-refractivity contribution is 0.0456. The summed E-state index contributed by atoms with van der Waals surface area (Å²) in [5.41, 5.74) is 0.309. The Balaban J connectivity index is 1.42. The lowest BCUT2D eigenvalue weighted by Gasteiger charge is -2.36. The molecular weight excluding hydrogens is 420 g/mol. The summed E-state index contributed by atoms with van der Waals surface area (Å²) in [4.78, 5) is 37.8. The van der Waals surface area contributed by atoms with Crippen molar-refractivity contribution in [2.75, 3.05) is 11.9 Å². The van der Waals surface area contributed by atoms with Crippen molar-refractivity contribution in [3.05, 3.63) is 21.8 Å². The van der Waals surface area contributed by atoms with Crippen molar-refractivity contribution in [1.29, 1.82) is 0 Å². The SMILES string of the molecule is C[C@@H](C1CC1)n1c(=O)c(NCC2CC(NC(=O)OC(C)(C)C)C2)nc2cnc(Cl)nc21. The number of nitrogens with one attached hydrogen (secondary N) is 2. The third-order valence-corrected chi connectivity index (χ3v) is 6.01. The Morgan fingerprint density at radius 3 is 2.68 bits per heavy atom. The summed E-state index contributed by atoms with van der Waals surface area (Å²) in [5.74, 6) is 1.11. The van der Waals surface area contributed by atoms with E-state index in [2.05, 4.69) is 25.6 Å². The molecule has 2 saturated carbocycles. The van der Waals surface area contributed by atoms with Gasteiger partial charge in [-0.25, -0.2) is 14.8 Å². The van der Waals surface area contributed by atoms with Crippen LogP contribution in [0.2, 0.25) is 5.28 Å². The lowest BCUT2D eigenvalue weighted by Crippen LogP contribution is -2.47. The van der Waals surface area contributed by atoms with Crippen LogP contribution in [0.1, 0.15) is 59.4 Å². The molecule has 168 valence electrons. The quantitative estimate of drug-likeness (QED) is 0.650. The molecule has 0 saturated heterocycles. The first-order valence-corrected chi connectivity index (χ1v) is 11.2. The van der Waals surface area contributed by atoms with E-state index in [1.807, 2.05) is 27.7 Å². The Bertz CT molecular complexity index is 1040. The molecule has 0 aromatic carbocycles. The number of fused-ring (bicyclic) bond motifs is 1. The van der Waals surface area contributed by atoms with E-state index in [1.54, 1.807) is 10.8 Å². The Kier molecular flexibility index (Phi) is 5.81. The minimum Gasteiger partial charge on any atom is -0.444 e. The van der Waals surface area contributed by atoms with E-state index in [-0.39, 0.29) is 22.9 Å². The second-order valence-corrected chi connectivity index (χ2v) is 9.96. The molecule has 2 aromatic heterocycles. The van der Waals surface area contributed by atoms with E-state index >= 15 is 0 Å². The molecule has 4 rings (SSSR count). The highest BCUT2D eigenvalue weighted by Crippen LogP contribution is 2.39. The van der Waals surface area contributed by atoms with Gasteiger partial charge >= 0.3 is 6.09 Å². The van der Waals surface area contributed by atoms with Gasteiger partial charge in [-0.2, -0.15) is 4.98 Å². The molecule has 0 bridgehead atoms. The van der Waals surface area contributed by atoms with Crippen LogP contribution in [0.5, 0.6) is 0 Å². The number of ether oxygens (including phenoxy) is 1. The van der Waals surface area contributed by atoms with E-state index in [9.17, 15) is 9.59 Å². The van der Waals surface area contributed by atoms with Crippen molar-refractivity contribution < 1.29 is 9.53 Å². The molecule has 2 fully saturated rings. The molecule has 1 amide bonds. The van der Waals surface area contributed by atoms with Crippen LogP contribution in [0.25, 0.3) is 11.2 Å². The largest absolute Gasteiger partial charge is 0.444 e. The van der Waals surface area contributed by atoms with Crippen LogP contribution >= 0.6 is 11.6 Å². The van der Waals surface area contributed by atoms with E-state index in [1.165, 1.54) is 0 Å². The van der Waals surface area contributed by atoms with E-state index in [0.717, 1.165) is 25.7 Å². The summed E-state index contributed by atoms with van der Waals surface area (Å²) in [6, 6.07) is 0.115. The minimum absolute atomic E-state index is 0.0237. The smallest absolute Gasteiger partial charge is 0.407 e. The summed E-state index contributed by atoms with van der Waals surface area (Å²) in [7, 11) is 0. The fraction of sp³-hybridized carbons (Fsp3) is 0.667. The Labute approximate surface area is 186 Å². The van der Waals surface area contributed by atoms with Crippen molar-refractivity contribution >= 4 is 34.7 Å². The zero-order valence-electron chi connectivity index (χ0n) is 18.3. The van der Waals surface area contributed by atoms with Gasteiger partial charge in [0.05, 0.1) is 6.20 Å². The normalized spacial score (nSPS) is 22.0. The maximum atomic E-state index is 13.2. The third-order valence-electron chi connectivity index (χ3n) is 5.83. The zero-order chi connectivity index (χ0) is 22.3. The van der Waals surface area contributed by atoms with Crippen LogP contribution < -0.4 is 16.2 Å². The molecule has 0 radical (unpaired) electrons. The number of halogens is 1. The van der Waals surface area contributed by atoms with E-state index < -0.39 is 11.7 Å². The molecule has 0 aliphatic heterocycles. The van der Waals surface area contributed by atoms with Crippen molar-refractivity contribution in [2.45, 2.75) is 71.1 Å². The molecular formula is C21H29ClN6O3. The zero-order valence-corrected chi connectivity index (χ0v) is 19.1. The monoisotopic (exact) mass is 448 g/mol. The van der Waals surface area contributed by atoms with Gasteiger partial charge in [0.25, 0.3) is 5.56 Å². The Morgan fingerprint density at radius 2 is 2.03 bits per heavy atom. The number of hydrogen-bond acceptors (Lipinski definition) is 7. The van der Waals surface area contributed by atoms with Crippen molar-refractivity contribution in [2.24, 2.45) is 11.8 Å². The van der Waals surface area contributed by atoms with Gasteiger partial charge in [-0.3, -0.25) is 9.36 Å². The van der Waals surface area contributed by atoms with Crippen LogP contribution in [0, 0.1) is 11.8 Å². The fourth-order valence-corrected chi connectivity index (χ4v) is 4.13. The van der Waals surface area contributed by atoms with Crippen molar-refractivity contribution in [3.63, 3.8) is 0 Å².